The van der Waals surface area contributed by atoms with Crippen molar-refractivity contribution in [1.82, 2.24) is 5.16 Å². The largest absolute Gasteiger partial charge is 0.360 e. The maximum atomic E-state index is 12.2. The van der Waals surface area contributed by atoms with Crippen molar-refractivity contribution in [2.45, 2.75) is 45.4 Å². The summed E-state index contributed by atoms with van der Waals surface area (Å²) in [5, 5.41) is 6.76. The van der Waals surface area contributed by atoms with Gasteiger partial charge in [-0.3, -0.25) is 4.79 Å². The first-order chi connectivity index (χ1) is 10.2. The highest BCUT2D eigenvalue weighted by atomic mass is 16.5. The van der Waals surface area contributed by atoms with E-state index < -0.39 is 0 Å². The van der Waals surface area contributed by atoms with Crippen LogP contribution in [0.5, 0.6) is 0 Å². The van der Waals surface area contributed by atoms with Crippen LogP contribution in [0.1, 0.15) is 60.0 Å². The quantitative estimate of drug-likeness (QED) is 0.905. The number of nitrogens with one attached hydrogen (secondary N) is 1. The zero-order chi connectivity index (χ0) is 14.8. The fourth-order valence-electron chi connectivity index (χ4n) is 2.53. The first-order valence-corrected chi connectivity index (χ1v) is 7.61. The molecule has 1 amide bonds. The Kier molecular flexibility index (Phi) is 3.78. The van der Waals surface area contributed by atoms with Crippen molar-refractivity contribution < 1.29 is 9.32 Å². The van der Waals surface area contributed by atoms with Crippen LogP contribution in [0.25, 0.3) is 0 Å². The topological polar surface area (TPSA) is 55.1 Å². The lowest BCUT2D eigenvalue weighted by Crippen LogP contribution is -2.12. The smallest absolute Gasteiger partial charge is 0.277 e. The average Bonchev–Trinajstić information content (AvgIpc) is 3.24. The monoisotopic (exact) mass is 284 g/mol. The Balaban J connectivity index is 1.74. The van der Waals surface area contributed by atoms with E-state index in [1.165, 1.54) is 11.1 Å². The van der Waals surface area contributed by atoms with E-state index in [4.69, 9.17) is 4.52 Å². The zero-order valence-corrected chi connectivity index (χ0v) is 12.5. The number of aryl methyl sites for hydroxylation is 2. The second-order valence-electron chi connectivity index (χ2n) is 5.53. The second kappa shape index (κ2) is 5.72. The third-order valence-electron chi connectivity index (χ3n) is 3.97. The van der Waals surface area contributed by atoms with Gasteiger partial charge in [0.2, 0.25) is 0 Å². The molecule has 0 saturated heterocycles. The maximum Gasteiger partial charge on any atom is 0.277 e. The summed E-state index contributed by atoms with van der Waals surface area (Å²) in [5.41, 5.74) is 3.77. The van der Waals surface area contributed by atoms with Crippen LogP contribution in [0.4, 0.5) is 5.69 Å². The van der Waals surface area contributed by atoms with Gasteiger partial charge in [-0.2, -0.15) is 0 Å². The standard InChI is InChI=1S/C17H20N2O2/c1-3-11-7-8-14(9-12(11)4-2)18-17(20)15-10-16(21-19-15)13-5-6-13/h7-10,13H,3-6H2,1-2H3,(H,18,20). The molecule has 0 radical (unpaired) electrons. The predicted octanol–water partition coefficient (Wildman–Crippen LogP) is 3.93. The molecule has 1 aliphatic rings. The summed E-state index contributed by atoms with van der Waals surface area (Å²) in [6.45, 7) is 4.27. The molecular formula is C17H20N2O2. The molecule has 1 aromatic carbocycles. The Morgan fingerprint density at radius 2 is 2.00 bits per heavy atom. The van der Waals surface area contributed by atoms with Crippen molar-refractivity contribution in [3.05, 3.63) is 46.8 Å². The van der Waals surface area contributed by atoms with Crippen molar-refractivity contribution >= 4 is 11.6 Å². The minimum absolute atomic E-state index is 0.211. The number of anilines is 1. The Labute approximate surface area is 124 Å². The molecule has 0 bridgehead atoms. The van der Waals surface area contributed by atoms with Gasteiger partial charge in [0.25, 0.3) is 5.91 Å². The van der Waals surface area contributed by atoms with Gasteiger partial charge in [-0.25, -0.2) is 0 Å². The predicted molar refractivity (Wildman–Crippen MR) is 81.6 cm³/mol. The summed E-state index contributed by atoms with van der Waals surface area (Å²) < 4.78 is 5.22. The van der Waals surface area contributed by atoms with Crippen LogP contribution in [-0.4, -0.2) is 11.1 Å². The van der Waals surface area contributed by atoms with Crippen LogP contribution in [0, 0.1) is 0 Å². The number of amides is 1. The van der Waals surface area contributed by atoms with Gasteiger partial charge in [0.05, 0.1) is 0 Å². The Morgan fingerprint density at radius 1 is 1.24 bits per heavy atom. The molecule has 0 atom stereocenters. The normalized spacial score (nSPS) is 14.2. The van der Waals surface area contributed by atoms with Gasteiger partial charge in [-0.15, -0.1) is 0 Å². The van der Waals surface area contributed by atoms with E-state index in [0.717, 1.165) is 37.1 Å². The molecule has 1 N–H and O–H groups in total. The number of benzene rings is 1. The zero-order valence-electron chi connectivity index (χ0n) is 12.5. The number of nitrogens with zero attached hydrogens (tertiary/aromatic N) is 1. The Morgan fingerprint density at radius 3 is 2.67 bits per heavy atom. The minimum Gasteiger partial charge on any atom is -0.360 e. The summed E-state index contributed by atoms with van der Waals surface area (Å²) in [4.78, 5) is 12.2. The third kappa shape index (κ3) is 2.99. The fourth-order valence-corrected chi connectivity index (χ4v) is 2.53. The van der Waals surface area contributed by atoms with E-state index in [0.29, 0.717) is 11.6 Å². The van der Waals surface area contributed by atoms with Crippen molar-refractivity contribution in [3.63, 3.8) is 0 Å². The molecule has 3 rings (SSSR count). The Bertz CT molecular complexity index is 657. The molecule has 110 valence electrons. The molecule has 0 spiro atoms. The van der Waals surface area contributed by atoms with Crippen LogP contribution in [0.15, 0.2) is 28.8 Å². The van der Waals surface area contributed by atoms with Gasteiger partial charge in [0, 0.05) is 17.7 Å². The van der Waals surface area contributed by atoms with Crippen molar-refractivity contribution in [3.8, 4) is 0 Å². The lowest BCUT2D eigenvalue weighted by molar-refractivity contribution is 0.101. The van der Waals surface area contributed by atoms with Gasteiger partial charge in [0.1, 0.15) is 5.76 Å². The summed E-state index contributed by atoms with van der Waals surface area (Å²) >= 11 is 0. The van der Waals surface area contributed by atoms with Crippen LogP contribution in [-0.2, 0) is 12.8 Å². The van der Waals surface area contributed by atoms with Crippen molar-refractivity contribution in [2.75, 3.05) is 5.32 Å². The number of carbonyl (C=O) groups is 1. The molecule has 1 saturated carbocycles. The fraction of sp³-hybridized carbons (Fsp3) is 0.412. The van der Waals surface area contributed by atoms with E-state index in [1.54, 1.807) is 6.07 Å². The summed E-state index contributed by atoms with van der Waals surface area (Å²) in [7, 11) is 0. The molecule has 4 heteroatoms. The molecule has 21 heavy (non-hydrogen) atoms. The lowest BCUT2D eigenvalue weighted by Gasteiger charge is -2.09. The van der Waals surface area contributed by atoms with Gasteiger partial charge in [-0.05, 0) is 48.9 Å². The first kappa shape index (κ1) is 13.9. The number of hydrogen-bond acceptors (Lipinski definition) is 3. The van der Waals surface area contributed by atoms with Crippen LogP contribution >= 0.6 is 0 Å². The first-order valence-electron chi connectivity index (χ1n) is 7.61. The molecule has 0 aliphatic heterocycles. The molecular weight excluding hydrogens is 264 g/mol. The highest BCUT2D eigenvalue weighted by molar-refractivity contribution is 6.02. The molecule has 0 unspecified atom stereocenters. The molecule has 1 heterocycles. The van der Waals surface area contributed by atoms with E-state index >= 15 is 0 Å². The third-order valence-corrected chi connectivity index (χ3v) is 3.97. The van der Waals surface area contributed by atoms with Gasteiger partial charge < -0.3 is 9.84 Å². The summed E-state index contributed by atoms with van der Waals surface area (Å²) in [6.07, 6.45) is 4.23. The van der Waals surface area contributed by atoms with Gasteiger partial charge in [0.15, 0.2) is 5.69 Å². The van der Waals surface area contributed by atoms with E-state index in [9.17, 15) is 4.79 Å². The van der Waals surface area contributed by atoms with Gasteiger partial charge >= 0.3 is 0 Å². The van der Waals surface area contributed by atoms with E-state index in [2.05, 4.69) is 30.4 Å². The van der Waals surface area contributed by atoms with E-state index in [-0.39, 0.29) is 5.91 Å². The molecule has 1 aromatic heterocycles. The average molecular weight is 284 g/mol. The molecule has 2 aromatic rings. The number of aromatic nitrogens is 1. The van der Waals surface area contributed by atoms with Gasteiger partial charge in [-0.1, -0.05) is 25.1 Å². The van der Waals surface area contributed by atoms with Crippen molar-refractivity contribution in [2.24, 2.45) is 0 Å². The van der Waals surface area contributed by atoms with Crippen LogP contribution in [0.3, 0.4) is 0 Å². The van der Waals surface area contributed by atoms with E-state index in [1.807, 2.05) is 12.1 Å². The summed E-state index contributed by atoms with van der Waals surface area (Å²) in [6, 6.07) is 7.82. The molecule has 1 fully saturated rings. The highest BCUT2D eigenvalue weighted by Crippen LogP contribution is 2.40. The number of rotatable bonds is 5. The second-order valence-corrected chi connectivity index (χ2v) is 5.53. The number of hydrogen-bond donors (Lipinski definition) is 1. The SMILES string of the molecule is CCc1ccc(NC(=O)c2cc(C3CC3)on2)cc1CC. The number of carbonyl (C=O) groups excluding carboxylic acids is 1. The summed E-state index contributed by atoms with van der Waals surface area (Å²) in [5.74, 6) is 1.09. The molecule has 4 nitrogen and oxygen atoms in total. The highest BCUT2D eigenvalue weighted by Gasteiger charge is 2.28. The van der Waals surface area contributed by atoms with Crippen LogP contribution in [0.2, 0.25) is 0 Å². The van der Waals surface area contributed by atoms with Crippen molar-refractivity contribution in [1.29, 1.82) is 0 Å². The maximum absolute atomic E-state index is 12.2. The Hall–Kier alpha value is -2.10. The minimum atomic E-state index is -0.211. The lowest BCUT2D eigenvalue weighted by atomic mass is 10.0. The molecule has 1 aliphatic carbocycles. The van der Waals surface area contributed by atoms with Crippen LogP contribution < -0.4 is 5.32 Å².